The molecule has 0 spiro atoms. The van der Waals surface area contributed by atoms with E-state index in [1.807, 2.05) is 0 Å². The van der Waals surface area contributed by atoms with Crippen LogP contribution in [0.4, 0.5) is 0 Å². The maximum absolute atomic E-state index is 5.93. The van der Waals surface area contributed by atoms with Gasteiger partial charge < -0.3 is 4.74 Å². The molecule has 3 rings (SSSR count). The third-order valence-electron chi connectivity index (χ3n) is 3.42. The first kappa shape index (κ1) is 9.13. The molecule has 0 N–H and O–H groups in total. The van der Waals surface area contributed by atoms with E-state index in [0.717, 1.165) is 24.6 Å². The summed E-state index contributed by atoms with van der Waals surface area (Å²) in [5, 5.41) is 0. The molecule has 80 valence electrons. The van der Waals surface area contributed by atoms with Gasteiger partial charge in [0, 0.05) is 5.56 Å². The minimum absolute atomic E-state index is 0.324. The summed E-state index contributed by atoms with van der Waals surface area (Å²) in [4.78, 5) is 8.56. The number of hydrogen-bond acceptors (Lipinski definition) is 3. The number of aromatic nitrogens is 2. The van der Waals surface area contributed by atoms with E-state index in [1.165, 1.54) is 30.5 Å². The summed E-state index contributed by atoms with van der Waals surface area (Å²) in [6, 6.07) is 0. The van der Waals surface area contributed by atoms with Crippen molar-refractivity contribution in [2.24, 2.45) is 5.92 Å². The van der Waals surface area contributed by atoms with E-state index < -0.39 is 0 Å². The fraction of sp³-hybridized carbons (Fsp3) is 0.667. The van der Waals surface area contributed by atoms with Gasteiger partial charge in [0.2, 0.25) is 5.88 Å². The van der Waals surface area contributed by atoms with Gasteiger partial charge in [-0.15, -0.1) is 0 Å². The van der Waals surface area contributed by atoms with Crippen LogP contribution >= 0.6 is 0 Å². The highest BCUT2D eigenvalue weighted by molar-refractivity contribution is 5.33. The summed E-state index contributed by atoms with van der Waals surface area (Å²) in [5.41, 5.74) is 2.45. The van der Waals surface area contributed by atoms with Gasteiger partial charge in [-0.3, -0.25) is 0 Å². The lowest BCUT2D eigenvalue weighted by molar-refractivity contribution is 0.187. The molecule has 1 atom stereocenters. The van der Waals surface area contributed by atoms with Crippen molar-refractivity contribution in [1.82, 2.24) is 9.97 Å². The van der Waals surface area contributed by atoms with E-state index >= 15 is 0 Å². The number of fused-ring (bicyclic) bond motifs is 1. The van der Waals surface area contributed by atoms with Gasteiger partial charge in [0.1, 0.15) is 12.4 Å². The Morgan fingerprint density at radius 1 is 1.33 bits per heavy atom. The molecule has 1 unspecified atom stereocenters. The smallest absolute Gasteiger partial charge is 0.220 e. The summed E-state index contributed by atoms with van der Waals surface area (Å²) >= 11 is 0. The zero-order chi connectivity index (χ0) is 10.3. The number of rotatable bonds is 3. The first-order valence-electron chi connectivity index (χ1n) is 5.84. The topological polar surface area (TPSA) is 35.0 Å². The molecule has 0 aliphatic heterocycles. The Hall–Kier alpha value is -1.12. The van der Waals surface area contributed by atoms with Crippen LogP contribution in [0, 0.1) is 5.92 Å². The second-order valence-corrected chi connectivity index (χ2v) is 4.62. The molecule has 0 bridgehead atoms. The highest BCUT2D eigenvalue weighted by Gasteiger charge is 2.30. The number of nitrogens with zero attached hydrogens (tertiary/aromatic N) is 2. The Labute approximate surface area is 89.9 Å². The lowest BCUT2D eigenvalue weighted by atomic mass is 10.2. The number of aryl methyl sites for hydroxylation is 1. The Morgan fingerprint density at radius 2 is 2.20 bits per heavy atom. The first-order valence-corrected chi connectivity index (χ1v) is 5.84. The molecule has 0 saturated heterocycles. The Bertz CT molecular complexity index is 374. The third-order valence-corrected chi connectivity index (χ3v) is 3.42. The lowest BCUT2D eigenvalue weighted by Gasteiger charge is -2.14. The second kappa shape index (κ2) is 3.47. The van der Waals surface area contributed by atoms with Gasteiger partial charge in [-0.25, -0.2) is 9.97 Å². The van der Waals surface area contributed by atoms with Crippen LogP contribution in [-0.2, 0) is 12.8 Å². The molecule has 1 aromatic rings. The number of hydrogen-bond donors (Lipinski definition) is 0. The SMILES string of the molecule is CC(Oc1ncnc2c1CCC2)C1CC1. The highest BCUT2D eigenvalue weighted by Crippen LogP contribution is 2.36. The fourth-order valence-corrected chi connectivity index (χ4v) is 2.27. The fourth-order valence-electron chi connectivity index (χ4n) is 2.27. The molecule has 0 amide bonds. The van der Waals surface area contributed by atoms with Crippen molar-refractivity contribution in [2.75, 3.05) is 0 Å². The van der Waals surface area contributed by atoms with E-state index in [-0.39, 0.29) is 0 Å². The molecule has 2 aliphatic carbocycles. The van der Waals surface area contributed by atoms with Crippen molar-refractivity contribution in [1.29, 1.82) is 0 Å². The minimum atomic E-state index is 0.324. The quantitative estimate of drug-likeness (QED) is 0.756. The Morgan fingerprint density at radius 3 is 3.00 bits per heavy atom. The van der Waals surface area contributed by atoms with Crippen molar-refractivity contribution in [3.63, 3.8) is 0 Å². The Balaban J connectivity index is 1.82. The third kappa shape index (κ3) is 1.71. The lowest BCUT2D eigenvalue weighted by Crippen LogP contribution is -2.16. The summed E-state index contributed by atoms with van der Waals surface area (Å²) in [6.07, 6.45) is 7.96. The van der Waals surface area contributed by atoms with Gasteiger partial charge in [0.05, 0.1) is 5.69 Å². The maximum atomic E-state index is 5.93. The van der Waals surface area contributed by atoms with E-state index in [0.29, 0.717) is 6.10 Å². The summed E-state index contributed by atoms with van der Waals surface area (Å²) in [5.74, 6) is 1.61. The van der Waals surface area contributed by atoms with Gasteiger partial charge in [-0.2, -0.15) is 0 Å². The van der Waals surface area contributed by atoms with Crippen LogP contribution in [-0.4, -0.2) is 16.1 Å². The molecular weight excluding hydrogens is 188 g/mol. The summed E-state index contributed by atoms with van der Waals surface area (Å²) in [7, 11) is 0. The largest absolute Gasteiger partial charge is 0.474 e. The molecule has 15 heavy (non-hydrogen) atoms. The van der Waals surface area contributed by atoms with Crippen molar-refractivity contribution in [3.05, 3.63) is 17.6 Å². The summed E-state index contributed by atoms with van der Waals surface area (Å²) < 4.78 is 5.93. The summed E-state index contributed by atoms with van der Waals surface area (Å²) in [6.45, 7) is 2.15. The van der Waals surface area contributed by atoms with Crippen LogP contribution < -0.4 is 4.74 Å². The highest BCUT2D eigenvalue weighted by atomic mass is 16.5. The average Bonchev–Trinajstić information content (AvgIpc) is 2.97. The molecule has 3 heteroatoms. The normalized spacial score (nSPS) is 21.1. The van der Waals surface area contributed by atoms with E-state index in [1.54, 1.807) is 6.33 Å². The van der Waals surface area contributed by atoms with E-state index in [9.17, 15) is 0 Å². The van der Waals surface area contributed by atoms with Crippen LogP contribution in [0.2, 0.25) is 0 Å². The van der Waals surface area contributed by atoms with Crippen molar-refractivity contribution in [3.8, 4) is 5.88 Å². The van der Waals surface area contributed by atoms with Gasteiger partial charge in [0.25, 0.3) is 0 Å². The van der Waals surface area contributed by atoms with Crippen LogP contribution in [0.15, 0.2) is 6.33 Å². The van der Waals surface area contributed by atoms with Crippen molar-refractivity contribution >= 4 is 0 Å². The second-order valence-electron chi connectivity index (χ2n) is 4.62. The molecule has 0 radical (unpaired) electrons. The standard InChI is InChI=1S/C12H16N2O/c1-8(9-5-6-9)15-12-10-3-2-4-11(10)13-7-14-12/h7-9H,2-6H2,1H3. The van der Waals surface area contributed by atoms with Gasteiger partial charge >= 0.3 is 0 Å². The van der Waals surface area contributed by atoms with Crippen LogP contribution in [0.5, 0.6) is 5.88 Å². The predicted octanol–water partition coefficient (Wildman–Crippen LogP) is 2.14. The first-order chi connectivity index (χ1) is 7.34. The molecule has 0 aromatic carbocycles. The monoisotopic (exact) mass is 204 g/mol. The molecule has 1 heterocycles. The molecule has 2 aliphatic rings. The zero-order valence-electron chi connectivity index (χ0n) is 9.07. The van der Waals surface area contributed by atoms with Crippen LogP contribution in [0.25, 0.3) is 0 Å². The van der Waals surface area contributed by atoms with E-state index in [2.05, 4.69) is 16.9 Å². The van der Waals surface area contributed by atoms with Crippen molar-refractivity contribution in [2.45, 2.75) is 45.1 Å². The number of ether oxygens (including phenoxy) is 1. The van der Waals surface area contributed by atoms with Crippen molar-refractivity contribution < 1.29 is 4.74 Å². The van der Waals surface area contributed by atoms with Crippen LogP contribution in [0.1, 0.15) is 37.4 Å². The zero-order valence-corrected chi connectivity index (χ0v) is 9.07. The Kier molecular flexibility index (Phi) is 2.11. The van der Waals surface area contributed by atoms with Gasteiger partial charge in [0.15, 0.2) is 0 Å². The minimum Gasteiger partial charge on any atom is -0.474 e. The van der Waals surface area contributed by atoms with Gasteiger partial charge in [-0.05, 0) is 44.9 Å². The molecule has 1 saturated carbocycles. The molecule has 1 aromatic heterocycles. The van der Waals surface area contributed by atoms with Crippen LogP contribution in [0.3, 0.4) is 0 Å². The molecule has 1 fully saturated rings. The molecule has 3 nitrogen and oxygen atoms in total. The van der Waals surface area contributed by atoms with E-state index in [4.69, 9.17) is 4.74 Å². The van der Waals surface area contributed by atoms with Gasteiger partial charge in [-0.1, -0.05) is 0 Å². The maximum Gasteiger partial charge on any atom is 0.220 e. The average molecular weight is 204 g/mol. The molecular formula is C12H16N2O. The predicted molar refractivity (Wildman–Crippen MR) is 56.9 cm³/mol.